The fourth-order valence-corrected chi connectivity index (χ4v) is 5.07. The Bertz CT molecular complexity index is 1720. The smallest absolute Gasteiger partial charge is 0.356 e. The van der Waals surface area contributed by atoms with Crippen LogP contribution in [-0.2, 0) is 41.0 Å². The number of anilines is 1. The summed E-state index contributed by atoms with van der Waals surface area (Å²) in [6.45, 7) is 3.22. The number of nitrogens with zero attached hydrogens (tertiary/aromatic N) is 3. The lowest BCUT2D eigenvalue weighted by molar-refractivity contribution is 0.114. The zero-order chi connectivity index (χ0) is 29.0. The van der Waals surface area contributed by atoms with Gasteiger partial charge in [0, 0.05) is 12.1 Å². The van der Waals surface area contributed by atoms with Gasteiger partial charge in [-0.1, -0.05) is 12.1 Å². The highest BCUT2D eigenvalue weighted by atomic mass is 31.2. The number of hydrogen-bond donors (Lipinski definition) is 2. The molecule has 41 heavy (non-hydrogen) atoms. The van der Waals surface area contributed by atoms with E-state index >= 15 is 0 Å². The zero-order valence-electron chi connectivity index (χ0n) is 21.4. The molecule has 4 aromatic rings. The first-order valence-corrected chi connectivity index (χ1v) is 13.9. The summed E-state index contributed by atoms with van der Waals surface area (Å²) in [6, 6.07) is 11.1. The molecule has 0 spiro atoms. The minimum Gasteiger partial charge on any atom is -0.424 e. The van der Waals surface area contributed by atoms with Crippen LogP contribution in [0.1, 0.15) is 11.1 Å². The fraction of sp³-hybridized carbons (Fsp3) is 0.192. The Balaban J connectivity index is 1.28. The van der Waals surface area contributed by atoms with Gasteiger partial charge >= 0.3 is 7.60 Å². The molecule has 0 radical (unpaired) electrons. The Morgan fingerprint density at radius 2 is 1.85 bits per heavy atom. The van der Waals surface area contributed by atoms with Crippen LogP contribution >= 0.6 is 7.60 Å². The Hall–Kier alpha value is -4.36. The lowest BCUT2D eigenvalue weighted by atomic mass is 10.1. The van der Waals surface area contributed by atoms with Gasteiger partial charge in [0.2, 0.25) is 5.95 Å². The van der Waals surface area contributed by atoms with Crippen LogP contribution in [-0.4, -0.2) is 39.1 Å². The van der Waals surface area contributed by atoms with E-state index in [1.807, 2.05) is 0 Å². The van der Waals surface area contributed by atoms with Crippen molar-refractivity contribution < 1.29 is 36.6 Å². The molecule has 0 aliphatic carbocycles. The molecule has 3 heterocycles. The maximum atomic E-state index is 13.7. The average Bonchev–Trinajstić information content (AvgIpc) is 3.52. The molecule has 214 valence electrons. The molecule has 1 atom stereocenters. The topological polar surface area (TPSA) is 153 Å². The van der Waals surface area contributed by atoms with Crippen LogP contribution in [0.25, 0.3) is 16.9 Å². The number of nitrogens with two attached hydrogens (primary N) is 1. The maximum absolute atomic E-state index is 13.7. The van der Waals surface area contributed by atoms with Crippen LogP contribution in [0.15, 0.2) is 77.9 Å². The summed E-state index contributed by atoms with van der Waals surface area (Å²) in [5, 5.41) is 0. The van der Waals surface area contributed by atoms with Crippen molar-refractivity contribution in [2.24, 2.45) is 0 Å². The largest absolute Gasteiger partial charge is 0.424 e. The van der Waals surface area contributed by atoms with Gasteiger partial charge in [-0.25, -0.2) is 13.8 Å². The average molecular weight is 587 g/mol. The first kappa shape index (κ1) is 28.2. The Kier molecular flexibility index (Phi) is 8.26. The third-order valence-electron chi connectivity index (χ3n) is 5.74. The van der Waals surface area contributed by atoms with Crippen LogP contribution in [0.3, 0.4) is 0 Å². The summed E-state index contributed by atoms with van der Waals surface area (Å²) in [5.74, 6) is -0.689. The molecule has 2 aromatic heterocycles. The molecule has 1 aliphatic rings. The van der Waals surface area contributed by atoms with Crippen molar-refractivity contribution in [1.29, 1.82) is 0 Å². The fourth-order valence-electron chi connectivity index (χ4n) is 3.83. The third-order valence-corrected chi connectivity index (χ3v) is 7.28. The standard InChI is InChI=1S/C26H24F2N5O7P/c1-16-39-21(23(40-16)18-5-7-19(27)8-6-18)13-38-41(35,37-12-17-3-2-4-20(28)11-17)15-36-10-9-33-14-30-22-24(33)31-26(29)32-25(22)34/h2-8,11,14H,1,9-10,12-13,15H2,(H3,29,31,32,34). The number of imidazole rings is 1. The SMILES string of the molecule is C=C1OC(COP(=O)(COCCn2cnc3c(=O)[nH]c(N)nc32)OCc2cccc(F)c2)=C(c2ccc(F)cc2)O1. The summed E-state index contributed by atoms with van der Waals surface area (Å²) >= 11 is 0. The molecule has 3 N–H and O–H groups in total. The lowest BCUT2D eigenvalue weighted by Crippen LogP contribution is -2.13. The van der Waals surface area contributed by atoms with Gasteiger partial charge in [-0.2, -0.15) is 4.98 Å². The van der Waals surface area contributed by atoms with E-state index in [9.17, 15) is 18.1 Å². The van der Waals surface area contributed by atoms with Crippen LogP contribution < -0.4 is 11.3 Å². The molecular weight excluding hydrogens is 563 g/mol. The number of nitrogens with one attached hydrogen (secondary N) is 1. The van der Waals surface area contributed by atoms with Crippen molar-refractivity contribution in [3.05, 3.63) is 106 Å². The predicted octanol–water partition coefficient (Wildman–Crippen LogP) is 4.27. The molecule has 0 amide bonds. The number of hydrogen-bond acceptors (Lipinski definition) is 10. The van der Waals surface area contributed by atoms with Gasteiger partial charge in [-0.3, -0.25) is 18.9 Å². The van der Waals surface area contributed by atoms with Gasteiger partial charge in [0.15, 0.2) is 22.7 Å². The zero-order valence-corrected chi connectivity index (χ0v) is 22.3. The Morgan fingerprint density at radius 1 is 1.07 bits per heavy atom. The highest BCUT2D eigenvalue weighted by molar-refractivity contribution is 7.53. The lowest BCUT2D eigenvalue weighted by Gasteiger charge is -2.19. The first-order chi connectivity index (χ1) is 19.7. The quantitative estimate of drug-likeness (QED) is 0.182. The molecule has 5 rings (SSSR count). The number of aromatic amines is 1. The molecule has 12 nitrogen and oxygen atoms in total. The number of rotatable bonds is 12. The molecule has 0 fully saturated rings. The summed E-state index contributed by atoms with van der Waals surface area (Å²) < 4.78 is 70.2. The van der Waals surface area contributed by atoms with Crippen molar-refractivity contribution in [1.82, 2.24) is 19.5 Å². The summed E-state index contributed by atoms with van der Waals surface area (Å²) in [5.41, 5.74) is 6.42. The summed E-state index contributed by atoms with van der Waals surface area (Å²) in [7, 11) is -3.99. The number of ether oxygens (including phenoxy) is 3. The maximum Gasteiger partial charge on any atom is 0.356 e. The van der Waals surface area contributed by atoms with Gasteiger partial charge in [-0.05, 0) is 48.5 Å². The highest BCUT2D eigenvalue weighted by Gasteiger charge is 2.30. The third kappa shape index (κ3) is 6.87. The first-order valence-electron chi connectivity index (χ1n) is 12.1. The highest BCUT2D eigenvalue weighted by Crippen LogP contribution is 2.50. The Morgan fingerprint density at radius 3 is 2.63 bits per heavy atom. The number of aromatic nitrogens is 4. The molecule has 2 aromatic carbocycles. The van der Waals surface area contributed by atoms with E-state index in [4.69, 9.17) is 29.0 Å². The molecule has 0 bridgehead atoms. The van der Waals surface area contributed by atoms with Crippen molar-refractivity contribution >= 4 is 30.5 Å². The predicted molar refractivity (Wildman–Crippen MR) is 143 cm³/mol. The van der Waals surface area contributed by atoms with Crippen LogP contribution in [0.2, 0.25) is 0 Å². The number of nitrogen functional groups attached to an aromatic ring is 1. The second-order valence-electron chi connectivity index (χ2n) is 8.72. The van der Waals surface area contributed by atoms with Crippen LogP contribution in [0.4, 0.5) is 14.7 Å². The van der Waals surface area contributed by atoms with Crippen molar-refractivity contribution in [2.45, 2.75) is 13.2 Å². The molecule has 0 saturated carbocycles. The summed E-state index contributed by atoms with van der Waals surface area (Å²) in [4.78, 5) is 22.5. The minimum atomic E-state index is -3.99. The van der Waals surface area contributed by atoms with E-state index in [0.717, 1.165) is 0 Å². The molecule has 1 aliphatic heterocycles. The van der Waals surface area contributed by atoms with Gasteiger partial charge in [0.1, 0.15) is 24.6 Å². The number of benzene rings is 2. The van der Waals surface area contributed by atoms with Gasteiger partial charge < -0.3 is 29.0 Å². The van der Waals surface area contributed by atoms with E-state index in [1.165, 1.54) is 48.8 Å². The van der Waals surface area contributed by atoms with Gasteiger partial charge in [-0.15, -0.1) is 0 Å². The van der Waals surface area contributed by atoms with E-state index in [-0.39, 0.29) is 60.9 Å². The number of halogens is 2. The van der Waals surface area contributed by atoms with E-state index in [1.54, 1.807) is 10.6 Å². The molecule has 15 heteroatoms. The second kappa shape index (κ2) is 12.0. The molecular formula is C26H24F2N5O7P. The van der Waals surface area contributed by atoms with Crippen LogP contribution in [0, 0.1) is 11.6 Å². The van der Waals surface area contributed by atoms with Crippen LogP contribution in [0.5, 0.6) is 0 Å². The van der Waals surface area contributed by atoms with Crippen molar-refractivity contribution in [3.63, 3.8) is 0 Å². The number of fused-ring (bicyclic) bond motifs is 1. The monoisotopic (exact) mass is 587 g/mol. The normalized spacial score (nSPS) is 14.7. The van der Waals surface area contributed by atoms with Crippen molar-refractivity contribution in [3.8, 4) is 0 Å². The van der Waals surface area contributed by atoms with Gasteiger partial charge in [0.05, 0.1) is 19.5 Å². The van der Waals surface area contributed by atoms with E-state index in [2.05, 4.69) is 21.5 Å². The summed E-state index contributed by atoms with van der Waals surface area (Å²) in [6.07, 6.45) is 0.923. The second-order valence-corrected chi connectivity index (χ2v) is 10.7. The van der Waals surface area contributed by atoms with Gasteiger partial charge in [0.25, 0.3) is 11.5 Å². The minimum absolute atomic E-state index is 0.0104. The van der Waals surface area contributed by atoms with Crippen molar-refractivity contribution in [2.75, 3.05) is 25.3 Å². The Labute approximate surface area is 231 Å². The van der Waals surface area contributed by atoms with E-state index < -0.39 is 31.1 Å². The van der Waals surface area contributed by atoms with E-state index in [0.29, 0.717) is 11.1 Å². The molecule has 0 saturated heterocycles. The number of H-pyrrole nitrogens is 1. The molecule has 1 unspecified atom stereocenters.